The number of hydrogen-bond donors (Lipinski definition) is 0. The molecule has 3 aliphatic rings. The van der Waals surface area contributed by atoms with Gasteiger partial charge in [-0.25, -0.2) is 0 Å². The van der Waals surface area contributed by atoms with Crippen LogP contribution in [0.5, 0.6) is 0 Å². The predicted octanol–water partition coefficient (Wildman–Crippen LogP) is 18.9. The summed E-state index contributed by atoms with van der Waals surface area (Å²) >= 11 is 0. The van der Waals surface area contributed by atoms with Crippen LogP contribution in [-0.4, -0.2) is 0 Å². The smallest absolute Gasteiger partial charge is 0.00428 e. The molecule has 3 aliphatic carbocycles. The second-order valence-electron chi connectivity index (χ2n) is 19.2. The van der Waals surface area contributed by atoms with Crippen molar-refractivity contribution in [1.29, 1.82) is 0 Å². The first-order valence-electron chi connectivity index (χ1n) is 24.9. The minimum atomic E-state index is 0.130. The van der Waals surface area contributed by atoms with Crippen molar-refractivity contribution in [2.45, 2.75) is 86.5 Å². The lowest BCUT2D eigenvalue weighted by molar-refractivity contribution is 0.530. The summed E-state index contributed by atoms with van der Waals surface area (Å²) in [4.78, 5) is 0. The quantitative estimate of drug-likeness (QED) is 0.165. The summed E-state index contributed by atoms with van der Waals surface area (Å²) in [5.74, 6) is 0.659. The van der Waals surface area contributed by atoms with Crippen LogP contribution in [0.25, 0.3) is 55.3 Å². The van der Waals surface area contributed by atoms with Crippen molar-refractivity contribution in [3.63, 3.8) is 0 Å². The van der Waals surface area contributed by atoms with Gasteiger partial charge in [-0.15, -0.1) is 0 Å². The molecular weight excluding hydrogens is 817 g/mol. The summed E-state index contributed by atoms with van der Waals surface area (Å²) in [7, 11) is 0. The molecule has 0 fully saturated rings. The Morgan fingerprint density at radius 1 is 0.485 bits per heavy atom. The first-order valence-corrected chi connectivity index (χ1v) is 24.9. The molecule has 0 radical (unpaired) electrons. The number of aryl methyl sites for hydroxylation is 3. The predicted molar refractivity (Wildman–Crippen MR) is 297 cm³/mol. The molecule has 0 saturated heterocycles. The van der Waals surface area contributed by atoms with Crippen molar-refractivity contribution in [3.05, 3.63) is 262 Å². The number of allylic oxidation sites excluding steroid dienone is 8. The average molecular weight is 885 g/mol. The maximum Gasteiger partial charge on any atom is -0.00428 e. The van der Waals surface area contributed by atoms with Crippen LogP contribution in [-0.2, 0) is 18.3 Å². The van der Waals surface area contributed by atoms with Crippen molar-refractivity contribution < 1.29 is 0 Å². The second-order valence-corrected chi connectivity index (χ2v) is 19.2. The molecule has 0 N–H and O–H groups in total. The third-order valence-electron chi connectivity index (χ3n) is 13.9. The van der Waals surface area contributed by atoms with E-state index in [2.05, 4.69) is 248 Å². The van der Waals surface area contributed by atoms with E-state index >= 15 is 0 Å². The van der Waals surface area contributed by atoms with Gasteiger partial charge in [0.2, 0.25) is 0 Å². The molecule has 0 heteroatoms. The Kier molecular flexibility index (Phi) is 15.2. The van der Waals surface area contributed by atoms with Gasteiger partial charge in [-0.3, -0.25) is 0 Å². The highest BCUT2D eigenvalue weighted by Gasteiger charge is 2.28. The van der Waals surface area contributed by atoms with E-state index in [1.54, 1.807) is 5.57 Å². The van der Waals surface area contributed by atoms with Crippen molar-refractivity contribution in [2.24, 2.45) is 5.92 Å². The summed E-state index contributed by atoms with van der Waals surface area (Å²) in [6.07, 6.45) is 16.3. The lowest BCUT2D eigenvalue weighted by Crippen LogP contribution is -2.18. The molecule has 0 bridgehead atoms. The van der Waals surface area contributed by atoms with Gasteiger partial charge in [0.05, 0.1) is 0 Å². The molecule has 0 amide bonds. The van der Waals surface area contributed by atoms with E-state index in [0.29, 0.717) is 5.92 Å². The van der Waals surface area contributed by atoms with Crippen molar-refractivity contribution in [2.75, 3.05) is 0 Å². The van der Waals surface area contributed by atoms with Gasteiger partial charge < -0.3 is 0 Å². The molecule has 1 atom stereocenters. The summed E-state index contributed by atoms with van der Waals surface area (Å²) in [6, 6.07) is 65.5. The van der Waals surface area contributed by atoms with E-state index in [0.717, 1.165) is 19.3 Å². The van der Waals surface area contributed by atoms with Gasteiger partial charge in [-0.2, -0.15) is 0 Å². The molecule has 8 aromatic carbocycles. The Morgan fingerprint density at radius 2 is 1.03 bits per heavy atom. The van der Waals surface area contributed by atoms with Crippen LogP contribution in [0, 0.1) is 26.7 Å². The molecule has 0 aromatic heterocycles. The maximum absolute atomic E-state index is 2.49. The van der Waals surface area contributed by atoms with Crippen LogP contribution in [0.1, 0.15) is 92.0 Å². The highest BCUT2D eigenvalue weighted by molar-refractivity contribution is 5.96. The number of rotatable bonds is 4. The summed E-state index contributed by atoms with van der Waals surface area (Å²) < 4.78 is 0. The minimum absolute atomic E-state index is 0.130. The lowest BCUT2D eigenvalue weighted by Gasteiger charge is -2.27. The summed E-state index contributed by atoms with van der Waals surface area (Å²) in [5.41, 5.74) is 23.6. The normalized spacial score (nSPS) is 16.5. The van der Waals surface area contributed by atoms with Gasteiger partial charge >= 0.3 is 0 Å². The van der Waals surface area contributed by atoms with Gasteiger partial charge in [0.1, 0.15) is 0 Å². The topological polar surface area (TPSA) is 0 Å². The Morgan fingerprint density at radius 3 is 1.72 bits per heavy atom. The fourth-order valence-corrected chi connectivity index (χ4v) is 9.92. The first kappa shape index (κ1) is 47.5. The molecule has 1 unspecified atom stereocenters. The zero-order valence-electron chi connectivity index (χ0n) is 41.6. The zero-order valence-corrected chi connectivity index (χ0v) is 41.6. The Labute approximate surface area is 408 Å². The van der Waals surface area contributed by atoms with Gasteiger partial charge in [0, 0.05) is 0 Å². The summed E-state index contributed by atoms with van der Waals surface area (Å²) in [6.45, 7) is 17.6. The molecule has 0 spiro atoms. The summed E-state index contributed by atoms with van der Waals surface area (Å²) in [5, 5.41) is 2.62. The van der Waals surface area contributed by atoms with Gasteiger partial charge in [0.25, 0.3) is 0 Å². The minimum Gasteiger partial charge on any atom is -0.0833 e. The van der Waals surface area contributed by atoms with Gasteiger partial charge in [-0.1, -0.05) is 269 Å². The van der Waals surface area contributed by atoms with Gasteiger partial charge in [0.15, 0.2) is 0 Å². The molecule has 0 heterocycles. The molecule has 340 valence electrons. The van der Waals surface area contributed by atoms with E-state index in [1.807, 2.05) is 19.9 Å². The molecule has 0 nitrogen and oxygen atoms in total. The molecule has 8 aromatic rings. The van der Waals surface area contributed by atoms with E-state index in [1.165, 1.54) is 106 Å². The Bertz CT molecular complexity index is 3090. The Balaban J connectivity index is 0.000000143. The molecule has 11 rings (SSSR count). The van der Waals surface area contributed by atoms with E-state index in [9.17, 15) is 0 Å². The SMILES string of the molecule is CC.Cc1ccc(-c2ccc(-c3ccccc3)cc2)cc1.Cc1ccc(-c2cccc3ccccc23)cc1.Cc1ccc2c(c1)C(C)(C)C/C=C(c1cccc3c1CC1=C3C=CCC1C)\C=C/C2. The number of benzene rings is 8. The van der Waals surface area contributed by atoms with Crippen LogP contribution in [0.15, 0.2) is 218 Å². The van der Waals surface area contributed by atoms with Crippen molar-refractivity contribution >= 4 is 21.9 Å². The zero-order chi connectivity index (χ0) is 47.6. The average Bonchev–Trinajstić information content (AvgIpc) is 3.79. The molecule has 68 heavy (non-hydrogen) atoms. The fraction of sp³-hybridized carbons (Fsp3) is 0.206. The highest BCUT2D eigenvalue weighted by atomic mass is 14.3. The standard InChI is InChI=1S/C30H32.C19H16.C17H14.C2H6/c1-20-14-15-23-10-6-9-22(16-17-30(3,4)29(23)18-20)24-11-7-13-26-25-12-5-8-21(2)27(25)19-28(24)26;1-15-7-9-17(10-8-15)19-13-11-18(12-14-19)16-5-3-2-4-6-16;1-13-9-11-15(12-10-13)17-8-4-6-14-5-2-3-7-16(14)17;1-2/h5-7,9,11-16,18,21H,8,10,17,19H2,1-4H3;2-14H,1H3;2-12H,1H3;1-2H3/b9-6-,22-16+;;;. The monoisotopic (exact) mass is 885 g/mol. The third kappa shape index (κ3) is 10.9. The van der Waals surface area contributed by atoms with Crippen LogP contribution in [0.3, 0.4) is 0 Å². The Hall–Kier alpha value is -7.02. The fourth-order valence-electron chi connectivity index (χ4n) is 9.92. The number of fused-ring (bicyclic) bond motifs is 4. The van der Waals surface area contributed by atoms with E-state index in [4.69, 9.17) is 0 Å². The van der Waals surface area contributed by atoms with Crippen LogP contribution in [0.4, 0.5) is 0 Å². The first-order chi connectivity index (χ1) is 33.1. The van der Waals surface area contributed by atoms with Crippen molar-refractivity contribution in [3.8, 4) is 33.4 Å². The van der Waals surface area contributed by atoms with Crippen molar-refractivity contribution in [1.82, 2.24) is 0 Å². The number of hydrogen-bond acceptors (Lipinski definition) is 0. The molecular formula is C68H68. The van der Waals surface area contributed by atoms with E-state index in [-0.39, 0.29) is 5.41 Å². The lowest BCUT2D eigenvalue weighted by atomic mass is 9.77. The highest BCUT2D eigenvalue weighted by Crippen LogP contribution is 2.44. The third-order valence-corrected chi connectivity index (χ3v) is 13.9. The van der Waals surface area contributed by atoms with E-state index < -0.39 is 0 Å². The van der Waals surface area contributed by atoms with Gasteiger partial charge in [-0.05, 0) is 141 Å². The second kappa shape index (κ2) is 21.7. The van der Waals surface area contributed by atoms with Crippen LogP contribution in [0.2, 0.25) is 0 Å². The molecule has 0 aliphatic heterocycles. The maximum atomic E-state index is 2.49. The van der Waals surface area contributed by atoms with Crippen LogP contribution < -0.4 is 0 Å². The van der Waals surface area contributed by atoms with Crippen LogP contribution >= 0.6 is 0 Å². The largest absolute Gasteiger partial charge is 0.0833 e. The molecule has 0 saturated carbocycles.